The van der Waals surface area contributed by atoms with Crippen molar-refractivity contribution in [1.82, 2.24) is 9.80 Å². The zero-order chi connectivity index (χ0) is 17.0. The minimum Gasteiger partial charge on any atom is -0.304 e. The molecule has 0 radical (unpaired) electrons. The van der Waals surface area contributed by atoms with Gasteiger partial charge >= 0.3 is 0 Å². The molecule has 1 aromatic rings. The van der Waals surface area contributed by atoms with Crippen LogP contribution in [0.5, 0.6) is 0 Å². The molecule has 0 unspecified atom stereocenters. The van der Waals surface area contributed by atoms with E-state index in [2.05, 4.69) is 69.9 Å². The van der Waals surface area contributed by atoms with E-state index in [1.165, 1.54) is 31.2 Å². The molecule has 23 heavy (non-hydrogen) atoms. The Morgan fingerprint density at radius 3 is 2.13 bits per heavy atom. The first kappa shape index (κ1) is 18.5. The smallest absolute Gasteiger partial charge is 0.0458 e. The summed E-state index contributed by atoms with van der Waals surface area (Å²) in [7, 11) is 6.83. The molecule has 0 spiro atoms. The molecule has 0 saturated heterocycles. The normalized spacial score (nSPS) is 25.3. The Morgan fingerprint density at radius 2 is 1.65 bits per heavy atom. The maximum Gasteiger partial charge on any atom is 0.0458 e. The largest absolute Gasteiger partial charge is 0.304 e. The summed E-state index contributed by atoms with van der Waals surface area (Å²) < 4.78 is 0. The molecule has 0 bridgehead atoms. The lowest BCUT2D eigenvalue weighted by Crippen LogP contribution is -2.48. The predicted molar refractivity (Wildman–Crippen MR) is 101 cm³/mol. The van der Waals surface area contributed by atoms with E-state index in [-0.39, 0.29) is 5.54 Å². The summed E-state index contributed by atoms with van der Waals surface area (Å²) in [5.41, 5.74) is 4.84. The van der Waals surface area contributed by atoms with E-state index in [0.29, 0.717) is 0 Å². The molecule has 1 aliphatic carbocycles. The minimum absolute atomic E-state index is 0.225. The number of nitrogens with zero attached hydrogens (tertiary/aromatic N) is 2. The van der Waals surface area contributed by atoms with E-state index < -0.39 is 0 Å². The lowest BCUT2D eigenvalue weighted by atomic mass is 9.71. The van der Waals surface area contributed by atoms with Gasteiger partial charge in [-0.25, -0.2) is 0 Å². The van der Waals surface area contributed by atoms with Gasteiger partial charge in [-0.1, -0.05) is 39.0 Å². The molecule has 0 heterocycles. The Hall–Kier alpha value is -0.860. The van der Waals surface area contributed by atoms with Crippen LogP contribution < -0.4 is 0 Å². The molecule has 1 aromatic carbocycles. The number of hydrogen-bond acceptors (Lipinski definition) is 2. The van der Waals surface area contributed by atoms with Crippen LogP contribution in [0.3, 0.4) is 0 Å². The van der Waals surface area contributed by atoms with Crippen molar-refractivity contribution in [3.05, 3.63) is 34.9 Å². The Morgan fingerprint density at radius 1 is 1.00 bits per heavy atom. The van der Waals surface area contributed by atoms with Crippen molar-refractivity contribution >= 4 is 0 Å². The van der Waals surface area contributed by atoms with Crippen LogP contribution in [-0.4, -0.2) is 43.5 Å². The molecule has 130 valence electrons. The first-order chi connectivity index (χ1) is 11.0. The third-order valence-corrected chi connectivity index (χ3v) is 6.22. The fraction of sp³-hybridized carbons (Fsp3) is 0.714. The van der Waals surface area contributed by atoms with Gasteiger partial charge in [0.1, 0.15) is 0 Å². The van der Waals surface area contributed by atoms with Gasteiger partial charge in [0.05, 0.1) is 0 Å². The Bertz CT molecular complexity index is 499. The second-order valence-corrected chi connectivity index (χ2v) is 7.43. The lowest BCUT2D eigenvalue weighted by molar-refractivity contribution is 0.0582. The first-order valence-corrected chi connectivity index (χ1v) is 9.48. The molecule has 0 atom stereocenters. The molecule has 2 rings (SSSR count). The van der Waals surface area contributed by atoms with E-state index >= 15 is 0 Å². The summed E-state index contributed by atoms with van der Waals surface area (Å²) in [6.07, 6.45) is 7.42. The molecular formula is C21H36N2. The van der Waals surface area contributed by atoms with Crippen LogP contribution >= 0.6 is 0 Å². The maximum absolute atomic E-state index is 2.53. The van der Waals surface area contributed by atoms with Gasteiger partial charge in [0.15, 0.2) is 0 Å². The maximum atomic E-state index is 2.53. The zero-order valence-corrected chi connectivity index (χ0v) is 16.2. The van der Waals surface area contributed by atoms with E-state index in [9.17, 15) is 0 Å². The summed E-state index contributed by atoms with van der Waals surface area (Å²) in [5, 5.41) is 0. The molecular weight excluding hydrogens is 280 g/mol. The Balaban J connectivity index is 2.33. The quantitative estimate of drug-likeness (QED) is 0.764. The van der Waals surface area contributed by atoms with Crippen molar-refractivity contribution in [3.63, 3.8) is 0 Å². The van der Waals surface area contributed by atoms with Crippen molar-refractivity contribution in [2.45, 2.75) is 70.9 Å². The molecule has 2 nitrogen and oxygen atoms in total. The molecule has 1 fully saturated rings. The standard InChI is InChI=1S/C21H36N2/c1-7-17-10-11-20(18(8-2)16-17)21(22(4)5)14-12-19(13-15-21)23(6)9-3/h10-11,16,19H,7-9,12-15H2,1-6H3. The van der Waals surface area contributed by atoms with Gasteiger partial charge in [0.25, 0.3) is 0 Å². The highest BCUT2D eigenvalue weighted by atomic mass is 15.2. The fourth-order valence-corrected chi connectivity index (χ4v) is 4.35. The Kier molecular flexibility index (Phi) is 6.27. The van der Waals surface area contributed by atoms with Gasteiger partial charge in [-0.3, -0.25) is 4.90 Å². The summed E-state index contributed by atoms with van der Waals surface area (Å²) in [6.45, 7) is 7.98. The fourth-order valence-electron chi connectivity index (χ4n) is 4.35. The number of aryl methyl sites for hydroxylation is 2. The average Bonchev–Trinajstić information content (AvgIpc) is 2.60. The van der Waals surface area contributed by atoms with Gasteiger partial charge in [-0.05, 0) is 82.9 Å². The van der Waals surface area contributed by atoms with Crippen LogP contribution in [0.1, 0.15) is 63.1 Å². The number of benzene rings is 1. The van der Waals surface area contributed by atoms with E-state index in [4.69, 9.17) is 0 Å². The van der Waals surface area contributed by atoms with E-state index in [1.54, 1.807) is 11.1 Å². The zero-order valence-electron chi connectivity index (χ0n) is 16.2. The third kappa shape index (κ3) is 3.64. The second-order valence-electron chi connectivity index (χ2n) is 7.43. The highest BCUT2D eigenvalue weighted by Gasteiger charge is 2.40. The van der Waals surface area contributed by atoms with Gasteiger partial charge in [0, 0.05) is 11.6 Å². The Labute approximate surface area is 143 Å². The third-order valence-electron chi connectivity index (χ3n) is 6.22. The van der Waals surface area contributed by atoms with Gasteiger partial charge in [-0.2, -0.15) is 0 Å². The molecule has 0 N–H and O–H groups in total. The second kappa shape index (κ2) is 7.81. The molecule has 1 saturated carbocycles. The highest BCUT2D eigenvalue weighted by Crippen LogP contribution is 2.43. The van der Waals surface area contributed by atoms with Crippen molar-refractivity contribution in [1.29, 1.82) is 0 Å². The minimum atomic E-state index is 0.225. The topological polar surface area (TPSA) is 6.48 Å². The van der Waals surface area contributed by atoms with E-state index in [0.717, 1.165) is 25.4 Å². The molecule has 2 heteroatoms. The van der Waals surface area contributed by atoms with Gasteiger partial charge < -0.3 is 4.90 Å². The van der Waals surface area contributed by atoms with E-state index in [1.807, 2.05) is 0 Å². The number of rotatable bonds is 6. The molecule has 1 aliphatic rings. The van der Waals surface area contributed by atoms with Crippen LogP contribution in [-0.2, 0) is 18.4 Å². The van der Waals surface area contributed by atoms with Crippen LogP contribution in [0.15, 0.2) is 18.2 Å². The van der Waals surface area contributed by atoms with Gasteiger partial charge in [-0.15, -0.1) is 0 Å². The summed E-state index contributed by atoms with van der Waals surface area (Å²) >= 11 is 0. The average molecular weight is 317 g/mol. The monoisotopic (exact) mass is 316 g/mol. The number of hydrogen-bond donors (Lipinski definition) is 0. The lowest BCUT2D eigenvalue weighted by Gasteiger charge is -2.48. The van der Waals surface area contributed by atoms with Gasteiger partial charge in [0.2, 0.25) is 0 Å². The predicted octanol–water partition coefficient (Wildman–Crippen LogP) is 4.46. The first-order valence-electron chi connectivity index (χ1n) is 9.48. The molecule has 0 aliphatic heterocycles. The van der Waals surface area contributed by atoms with Crippen molar-refractivity contribution in [2.75, 3.05) is 27.7 Å². The van der Waals surface area contributed by atoms with Crippen LogP contribution in [0.2, 0.25) is 0 Å². The van der Waals surface area contributed by atoms with Crippen molar-refractivity contribution < 1.29 is 0 Å². The van der Waals surface area contributed by atoms with Crippen LogP contribution in [0.25, 0.3) is 0 Å². The summed E-state index contributed by atoms with van der Waals surface area (Å²) in [6, 6.07) is 7.99. The summed E-state index contributed by atoms with van der Waals surface area (Å²) in [5.74, 6) is 0. The summed E-state index contributed by atoms with van der Waals surface area (Å²) in [4.78, 5) is 5.02. The van der Waals surface area contributed by atoms with Crippen molar-refractivity contribution in [3.8, 4) is 0 Å². The van der Waals surface area contributed by atoms with Crippen LogP contribution in [0, 0.1) is 0 Å². The SMILES string of the molecule is CCc1ccc(C2(N(C)C)CCC(N(C)CC)CC2)c(CC)c1. The highest BCUT2D eigenvalue weighted by molar-refractivity contribution is 5.38. The van der Waals surface area contributed by atoms with Crippen LogP contribution in [0.4, 0.5) is 0 Å². The van der Waals surface area contributed by atoms with Crippen molar-refractivity contribution in [2.24, 2.45) is 0 Å². The molecule has 0 amide bonds. The molecule has 0 aromatic heterocycles.